The van der Waals surface area contributed by atoms with E-state index >= 15 is 0 Å². The van der Waals surface area contributed by atoms with E-state index in [1.54, 1.807) is 0 Å². The number of hydrogen-bond donors (Lipinski definition) is 0. The van der Waals surface area contributed by atoms with Crippen molar-refractivity contribution in [2.45, 2.75) is 78.9 Å². The highest BCUT2D eigenvalue weighted by molar-refractivity contribution is 6.62. The molecule has 0 unspecified atom stereocenters. The van der Waals surface area contributed by atoms with Crippen molar-refractivity contribution < 1.29 is 9.31 Å². The zero-order valence-electron chi connectivity index (χ0n) is 18.5. The molecule has 0 atom stereocenters. The quantitative estimate of drug-likeness (QED) is 0.654. The van der Waals surface area contributed by atoms with E-state index in [1.165, 1.54) is 16.7 Å². The molecule has 3 heteroatoms. The Morgan fingerprint density at radius 2 is 1.07 bits per heavy atom. The van der Waals surface area contributed by atoms with Gasteiger partial charge in [-0.25, -0.2) is 0 Å². The minimum atomic E-state index is -0.308. The van der Waals surface area contributed by atoms with Crippen molar-refractivity contribution in [1.82, 2.24) is 0 Å². The predicted octanol–water partition coefficient (Wildman–Crippen LogP) is 5.65. The van der Waals surface area contributed by atoms with Crippen LogP contribution in [0.4, 0.5) is 0 Å². The van der Waals surface area contributed by atoms with Crippen molar-refractivity contribution in [1.29, 1.82) is 0 Å². The molecule has 0 bridgehead atoms. The molecule has 0 N–H and O–H groups in total. The van der Waals surface area contributed by atoms with Crippen LogP contribution in [0.15, 0.2) is 48.5 Å². The second kappa shape index (κ2) is 7.81. The molecule has 2 aromatic rings. The molecule has 1 aliphatic rings. The second-order valence-electron chi connectivity index (χ2n) is 8.70. The van der Waals surface area contributed by atoms with Gasteiger partial charge in [0.2, 0.25) is 0 Å². The number of rotatable bonds is 3. The van der Waals surface area contributed by atoms with Crippen molar-refractivity contribution in [3.8, 4) is 0 Å². The van der Waals surface area contributed by atoms with Crippen LogP contribution in [0.1, 0.15) is 72.1 Å². The third-order valence-electron chi connectivity index (χ3n) is 5.93. The molecule has 0 spiro atoms. The lowest BCUT2D eigenvalue weighted by molar-refractivity contribution is 0.00578. The fourth-order valence-corrected chi connectivity index (χ4v) is 3.17. The van der Waals surface area contributed by atoms with Gasteiger partial charge in [-0.3, -0.25) is 0 Å². The third-order valence-corrected chi connectivity index (χ3v) is 5.93. The summed E-state index contributed by atoms with van der Waals surface area (Å²) in [5, 5.41) is 0. The van der Waals surface area contributed by atoms with E-state index in [9.17, 15) is 0 Å². The maximum Gasteiger partial charge on any atom is 0.494 e. The molecular weight excluding hydrogens is 331 g/mol. The van der Waals surface area contributed by atoms with Gasteiger partial charge in [-0.15, -0.1) is 0 Å². The van der Waals surface area contributed by atoms with Crippen LogP contribution in [0.25, 0.3) is 0 Å². The summed E-state index contributed by atoms with van der Waals surface area (Å²) in [5.41, 5.74) is 4.31. The van der Waals surface area contributed by atoms with Crippen LogP contribution in [0.5, 0.6) is 0 Å². The first kappa shape index (κ1) is 21.7. The SMILES string of the molecule is CC.Cc1ccc(C(C)(C)c2ccc(B3OC(C)(C)C(C)(C)O3)cc2)cc1. The first-order chi connectivity index (χ1) is 12.5. The summed E-state index contributed by atoms with van der Waals surface area (Å²) in [6.07, 6.45) is 0. The maximum absolute atomic E-state index is 6.15. The fourth-order valence-electron chi connectivity index (χ4n) is 3.17. The van der Waals surface area contributed by atoms with E-state index in [2.05, 4.69) is 97.0 Å². The minimum Gasteiger partial charge on any atom is -0.399 e. The molecule has 0 aliphatic carbocycles. The fraction of sp³-hybridized carbons (Fsp3) is 0.500. The summed E-state index contributed by atoms with van der Waals surface area (Å²) in [5.74, 6) is 0. The largest absolute Gasteiger partial charge is 0.494 e. The van der Waals surface area contributed by atoms with E-state index in [1.807, 2.05) is 13.8 Å². The highest BCUT2D eigenvalue weighted by Gasteiger charge is 2.51. The molecule has 0 saturated carbocycles. The molecule has 27 heavy (non-hydrogen) atoms. The van der Waals surface area contributed by atoms with Crippen molar-refractivity contribution in [3.63, 3.8) is 0 Å². The Balaban J connectivity index is 0.00000126. The van der Waals surface area contributed by atoms with Crippen LogP contribution in [0, 0.1) is 6.92 Å². The Hall–Kier alpha value is -1.58. The number of hydrogen-bond acceptors (Lipinski definition) is 2. The Morgan fingerprint density at radius 3 is 1.48 bits per heavy atom. The number of aryl methyl sites for hydroxylation is 1. The van der Waals surface area contributed by atoms with Gasteiger partial charge in [-0.05, 0) is 51.2 Å². The summed E-state index contributed by atoms with van der Waals surface area (Å²) < 4.78 is 12.3. The summed E-state index contributed by atoms with van der Waals surface area (Å²) in [6.45, 7) is 19.0. The Morgan fingerprint density at radius 1 is 0.704 bits per heavy atom. The molecule has 0 amide bonds. The monoisotopic (exact) mass is 366 g/mol. The van der Waals surface area contributed by atoms with E-state index in [-0.39, 0.29) is 23.7 Å². The Kier molecular flexibility index (Phi) is 6.28. The summed E-state index contributed by atoms with van der Waals surface area (Å²) >= 11 is 0. The van der Waals surface area contributed by atoms with Crippen LogP contribution in [-0.2, 0) is 14.7 Å². The first-order valence-corrected chi connectivity index (χ1v) is 10.1. The molecule has 146 valence electrons. The minimum absolute atomic E-state index is 0.0395. The zero-order chi connectivity index (χ0) is 20.5. The molecule has 1 aliphatic heterocycles. The lowest BCUT2D eigenvalue weighted by Crippen LogP contribution is -2.41. The smallest absolute Gasteiger partial charge is 0.399 e. The van der Waals surface area contributed by atoms with Gasteiger partial charge in [0.05, 0.1) is 11.2 Å². The Labute approximate surface area is 166 Å². The maximum atomic E-state index is 6.15. The van der Waals surface area contributed by atoms with Gasteiger partial charge in [0, 0.05) is 5.41 Å². The van der Waals surface area contributed by atoms with Gasteiger partial charge in [-0.2, -0.15) is 0 Å². The summed E-state index contributed by atoms with van der Waals surface area (Å²) in [6, 6.07) is 17.4. The normalized spacial score (nSPS) is 18.0. The van der Waals surface area contributed by atoms with E-state index in [0.29, 0.717) is 0 Å². The molecule has 0 radical (unpaired) electrons. The first-order valence-electron chi connectivity index (χ1n) is 10.1. The van der Waals surface area contributed by atoms with Gasteiger partial charge in [0.25, 0.3) is 0 Å². The highest BCUT2D eigenvalue weighted by atomic mass is 16.7. The molecular formula is C24H35BO2. The van der Waals surface area contributed by atoms with Crippen LogP contribution in [0.2, 0.25) is 0 Å². The highest BCUT2D eigenvalue weighted by Crippen LogP contribution is 2.37. The molecule has 0 aromatic heterocycles. The molecule has 2 nitrogen and oxygen atoms in total. The summed E-state index contributed by atoms with van der Waals surface area (Å²) in [7, 11) is -0.304. The molecule has 1 heterocycles. The van der Waals surface area contributed by atoms with E-state index in [4.69, 9.17) is 9.31 Å². The van der Waals surface area contributed by atoms with E-state index < -0.39 is 0 Å². The van der Waals surface area contributed by atoms with Gasteiger partial charge >= 0.3 is 7.12 Å². The van der Waals surface area contributed by atoms with Crippen molar-refractivity contribution >= 4 is 12.6 Å². The second-order valence-corrected chi connectivity index (χ2v) is 8.70. The van der Waals surface area contributed by atoms with Crippen LogP contribution in [0.3, 0.4) is 0 Å². The lowest BCUT2D eigenvalue weighted by Gasteiger charge is -2.32. The van der Waals surface area contributed by atoms with E-state index in [0.717, 1.165) is 5.46 Å². The number of benzene rings is 2. The third kappa shape index (κ3) is 4.30. The Bertz CT molecular complexity index is 727. The summed E-state index contributed by atoms with van der Waals surface area (Å²) in [4.78, 5) is 0. The van der Waals surface area contributed by atoms with Gasteiger partial charge in [0.1, 0.15) is 0 Å². The van der Waals surface area contributed by atoms with Gasteiger partial charge < -0.3 is 9.31 Å². The zero-order valence-corrected chi connectivity index (χ0v) is 18.5. The van der Waals surface area contributed by atoms with Gasteiger partial charge in [0.15, 0.2) is 0 Å². The predicted molar refractivity (Wildman–Crippen MR) is 117 cm³/mol. The van der Waals surface area contributed by atoms with Crippen molar-refractivity contribution in [2.75, 3.05) is 0 Å². The molecule has 1 saturated heterocycles. The average molecular weight is 366 g/mol. The average Bonchev–Trinajstić information content (AvgIpc) is 2.85. The molecule has 2 aromatic carbocycles. The van der Waals surface area contributed by atoms with Crippen LogP contribution < -0.4 is 5.46 Å². The van der Waals surface area contributed by atoms with Crippen LogP contribution in [-0.4, -0.2) is 18.3 Å². The van der Waals surface area contributed by atoms with Crippen molar-refractivity contribution in [2.24, 2.45) is 0 Å². The topological polar surface area (TPSA) is 18.5 Å². The standard InChI is InChI=1S/C22H29BO2.C2H6/c1-16-8-10-17(11-9-16)20(2,3)18-12-14-19(15-13-18)23-24-21(4,5)22(6,7)25-23;1-2/h8-15H,1-7H3;1-2H3. The molecule has 1 fully saturated rings. The molecule has 3 rings (SSSR count). The lowest BCUT2D eigenvalue weighted by atomic mass is 9.74. The van der Waals surface area contributed by atoms with Gasteiger partial charge in [-0.1, -0.05) is 81.8 Å². The van der Waals surface area contributed by atoms with Crippen LogP contribution >= 0.6 is 0 Å². The van der Waals surface area contributed by atoms with Crippen molar-refractivity contribution in [3.05, 3.63) is 65.2 Å².